The largest absolute Gasteiger partial charge is 0.368 e. The maximum absolute atomic E-state index is 12.2. The number of fused-ring (bicyclic) bond motifs is 1. The molecule has 1 saturated carbocycles. The highest BCUT2D eigenvalue weighted by molar-refractivity contribution is 5.80. The lowest BCUT2D eigenvalue weighted by Gasteiger charge is -2.28. The highest BCUT2D eigenvalue weighted by atomic mass is 16.5. The lowest BCUT2D eigenvalue weighted by molar-refractivity contribution is -0.135. The summed E-state index contributed by atoms with van der Waals surface area (Å²) >= 11 is 0. The fourth-order valence-corrected chi connectivity index (χ4v) is 4.11. The minimum absolute atomic E-state index is 0.0825. The molecule has 1 aromatic heterocycles. The van der Waals surface area contributed by atoms with Crippen LogP contribution in [0.25, 0.3) is 11.0 Å². The normalized spacial score (nSPS) is 27.3. The average Bonchev–Trinajstić information content (AvgIpc) is 3.11. The summed E-state index contributed by atoms with van der Waals surface area (Å²) in [5.41, 5.74) is 2.18. The molecule has 1 aliphatic carbocycles. The van der Waals surface area contributed by atoms with Gasteiger partial charge in [0.25, 0.3) is 0 Å². The molecule has 2 N–H and O–H groups in total. The highest BCUT2D eigenvalue weighted by Gasteiger charge is 2.26. The fourth-order valence-electron chi connectivity index (χ4n) is 4.11. The highest BCUT2D eigenvalue weighted by Crippen LogP contribution is 2.35. The first kappa shape index (κ1) is 16.6. The molecule has 2 aliphatic rings. The summed E-state index contributed by atoms with van der Waals surface area (Å²) in [6, 6.07) is 8.21. The average molecular weight is 341 g/mol. The summed E-state index contributed by atoms with van der Waals surface area (Å²) in [5.74, 6) is 2.30. The topological polar surface area (TPSA) is 67.0 Å². The molecule has 1 unspecified atom stereocenters. The van der Waals surface area contributed by atoms with Gasteiger partial charge in [0.1, 0.15) is 11.9 Å². The van der Waals surface area contributed by atoms with E-state index in [1.165, 1.54) is 0 Å². The Balaban J connectivity index is 1.26. The Morgan fingerprint density at radius 3 is 2.76 bits per heavy atom. The minimum atomic E-state index is -0.222. The van der Waals surface area contributed by atoms with Crippen LogP contribution < -0.4 is 5.32 Å². The number of rotatable bonds is 4. The monoisotopic (exact) mass is 341 g/mol. The van der Waals surface area contributed by atoms with Gasteiger partial charge in [-0.1, -0.05) is 12.1 Å². The van der Waals surface area contributed by atoms with Gasteiger partial charge in [-0.3, -0.25) is 4.79 Å². The van der Waals surface area contributed by atoms with Crippen LogP contribution in [0.3, 0.4) is 0 Å². The van der Waals surface area contributed by atoms with Gasteiger partial charge in [-0.15, -0.1) is 0 Å². The van der Waals surface area contributed by atoms with E-state index in [9.17, 15) is 4.79 Å². The molecule has 4 rings (SSSR count). The molecule has 134 valence electrons. The first-order valence-corrected chi connectivity index (χ1v) is 9.63. The summed E-state index contributed by atoms with van der Waals surface area (Å²) in [6.07, 6.45) is 7.39. The lowest BCUT2D eigenvalue weighted by Crippen LogP contribution is -2.40. The van der Waals surface area contributed by atoms with Crippen LogP contribution >= 0.6 is 0 Å². The molecule has 1 saturated heterocycles. The van der Waals surface area contributed by atoms with E-state index in [4.69, 9.17) is 9.72 Å². The lowest BCUT2D eigenvalue weighted by atomic mass is 9.81. The third-order valence-electron chi connectivity index (χ3n) is 5.68. The molecule has 1 aliphatic heterocycles. The number of carbonyl (C=O) groups is 1. The van der Waals surface area contributed by atoms with Gasteiger partial charge in [0.2, 0.25) is 5.91 Å². The van der Waals surface area contributed by atoms with Crippen LogP contribution in [0.15, 0.2) is 24.3 Å². The maximum Gasteiger partial charge on any atom is 0.249 e. The number of amides is 1. The number of carbonyl (C=O) groups excluding carboxylic acids is 1. The van der Waals surface area contributed by atoms with E-state index >= 15 is 0 Å². The number of benzene rings is 1. The number of hydrogen-bond donors (Lipinski definition) is 2. The molecule has 0 radical (unpaired) electrons. The van der Waals surface area contributed by atoms with Gasteiger partial charge >= 0.3 is 0 Å². The zero-order valence-electron chi connectivity index (χ0n) is 14.7. The van der Waals surface area contributed by atoms with Crippen molar-refractivity contribution in [1.82, 2.24) is 15.3 Å². The number of nitrogens with one attached hydrogen (secondary N) is 2. The second kappa shape index (κ2) is 7.56. The van der Waals surface area contributed by atoms with Crippen LogP contribution in [-0.4, -0.2) is 35.1 Å². The molecule has 1 atom stereocenters. The number of imidazole rings is 1. The van der Waals surface area contributed by atoms with Crippen molar-refractivity contribution in [2.75, 3.05) is 13.2 Å². The van der Waals surface area contributed by atoms with Gasteiger partial charge in [-0.25, -0.2) is 4.98 Å². The number of ether oxygens (including phenoxy) is 1. The minimum Gasteiger partial charge on any atom is -0.368 e. The van der Waals surface area contributed by atoms with Gasteiger partial charge in [-0.2, -0.15) is 0 Å². The van der Waals surface area contributed by atoms with Gasteiger partial charge in [0.05, 0.1) is 11.0 Å². The zero-order valence-corrected chi connectivity index (χ0v) is 14.7. The van der Waals surface area contributed by atoms with Gasteiger partial charge in [0, 0.05) is 19.1 Å². The van der Waals surface area contributed by atoms with Crippen molar-refractivity contribution in [2.45, 2.75) is 57.0 Å². The summed E-state index contributed by atoms with van der Waals surface area (Å²) < 4.78 is 5.56. The molecular formula is C20H27N3O2. The standard InChI is InChI=1S/C20H27N3O2/c24-20(18-7-3-4-12-25-18)21-13-14-8-10-15(11-9-14)19-22-16-5-1-2-6-17(16)23-19/h1-2,5-6,14-15,18H,3-4,7-13H2,(H,21,24)(H,22,23). The molecule has 2 aromatic rings. The third-order valence-corrected chi connectivity index (χ3v) is 5.68. The van der Waals surface area contributed by atoms with Crippen molar-refractivity contribution in [1.29, 1.82) is 0 Å². The molecule has 0 bridgehead atoms. The first-order chi connectivity index (χ1) is 12.3. The summed E-state index contributed by atoms with van der Waals surface area (Å²) in [7, 11) is 0. The Bertz CT molecular complexity index is 680. The van der Waals surface area contributed by atoms with Crippen LogP contribution in [0.1, 0.15) is 56.7 Å². The van der Waals surface area contributed by atoms with E-state index < -0.39 is 0 Å². The number of H-pyrrole nitrogens is 1. The van der Waals surface area contributed by atoms with Crippen LogP contribution in [0.2, 0.25) is 0 Å². The molecule has 25 heavy (non-hydrogen) atoms. The molecule has 2 heterocycles. The molecule has 1 aromatic carbocycles. The van der Waals surface area contributed by atoms with Crippen LogP contribution in [0, 0.1) is 5.92 Å². The number of nitrogens with zero attached hydrogens (tertiary/aromatic N) is 1. The predicted molar refractivity (Wildman–Crippen MR) is 97.4 cm³/mol. The number of aromatic amines is 1. The number of aromatic nitrogens is 2. The maximum atomic E-state index is 12.2. The van der Waals surface area contributed by atoms with Crippen LogP contribution in [0.4, 0.5) is 0 Å². The van der Waals surface area contributed by atoms with E-state index in [1.54, 1.807) is 0 Å². The first-order valence-electron chi connectivity index (χ1n) is 9.63. The second-order valence-electron chi connectivity index (χ2n) is 7.46. The van der Waals surface area contributed by atoms with E-state index in [2.05, 4.69) is 22.4 Å². The fraction of sp³-hybridized carbons (Fsp3) is 0.600. The quantitative estimate of drug-likeness (QED) is 0.894. The van der Waals surface area contributed by atoms with E-state index in [-0.39, 0.29) is 12.0 Å². The Morgan fingerprint density at radius 1 is 1.16 bits per heavy atom. The molecule has 1 amide bonds. The Morgan fingerprint density at radius 2 is 2.00 bits per heavy atom. The molecule has 2 fully saturated rings. The molecule has 5 heteroatoms. The molecule has 0 spiro atoms. The zero-order chi connectivity index (χ0) is 17.1. The summed E-state index contributed by atoms with van der Waals surface area (Å²) in [6.45, 7) is 1.51. The van der Waals surface area contributed by atoms with Gasteiger partial charge in [-0.05, 0) is 63.0 Å². The van der Waals surface area contributed by atoms with E-state index in [0.29, 0.717) is 11.8 Å². The Labute approximate surface area is 148 Å². The van der Waals surface area contributed by atoms with Crippen molar-refractivity contribution in [3.05, 3.63) is 30.1 Å². The van der Waals surface area contributed by atoms with Gasteiger partial charge < -0.3 is 15.0 Å². The van der Waals surface area contributed by atoms with Crippen molar-refractivity contribution in [3.8, 4) is 0 Å². The van der Waals surface area contributed by atoms with Crippen molar-refractivity contribution >= 4 is 16.9 Å². The van der Waals surface area contributed by atoms with Crippen LogP contribution in [0.5, 0.6) is 0 Å². The molecule has 5 nitrogen and oxygen atoms in total. The van der Waals surface area contributed by atoms with Crippen molar-refractivity contribution in [3.63, 3.8) is 0 Å². The van der Waals surface area contributed by atoms with E-state index in [1.807, 2.05) is 12.1 Å². The van der Waals surface area contributed by atoms with Crippen molar-refractivity contribution in [2.24, 2.45) is 5.92 Å². The van der Waals surface area contributed by atoms with Crippen molar-refractivity contribution < 1.29 is 9.53 Å². The Kier molecular flexibility index (Phi) is 5.02. The molecular weight excluding hydrogens is 314 g/mol. The second-order valence-corrected chi connectivity index (χ2v) is 7.46. The van der Waals surface area contributed by atoms with E-state index in [0.717, 1.165) is 75.0 Å². The predicted octanol–water partition coefficient (Wildman–Crippen LogP) is 3.52. The number of para-hydroxylation sites is 2. The third kappa shape index (κ3) is 3.87. The number of hydrogen-bond acceptors (Lipinski definition) is 3. The Hall–Kier alpha value is -1.88. The SMILES string of the molecule is O=C(NCC1CCC(c2nc3ccccc3[nH]2)CC1)C1CCCCO1. The summed E-state index contributed by atoms with van der Waals surface area (Å²) in [5, 5.41) is 3.11. The summed E-state index contributed by atoms with van der Waals surface area (Å²) in [4.78, 5) is 20.4. The van der Waals surface area contributed by atoms with Gasteiger partial charge in [0.15, 0.2) is 0 Å². The smallest absolute Gasteiger partial charge is 0.249 e. The van der Waals surface area contributed by atoms with Crippen LogP contribution in [-0.2, 0) is 9.53 Å².